The quantitative estimate of drug-likeness (QED) is 0.599. The third-order valence-electron chi connectivity index (χ3n) is 3.24. The molecule has 0 aliphatic rings. The summed E-state index contributed by atoms with van der Waals surface area (Å²) in [6, 6.07) is 10.1. The summed E-state index contributed by atoms with van der Waals surface area (Å²) < 4.78 is 4.99. The van der Waals surface area contributed by atoms with Crippen molar-refractivity contribution < 1.29 is 14.6 Å². The molecule has 0 aliphatic carbocycles. The Labute approximate surface area is 134 Å². The first kappa shape index (κ1) is 16.4. The number of amides is 2. The summed E-state index contributed by atoms with van der Waals surface area (Å²) in [6.45, 7) is 3.91. The maximum absolute atomic E-state index is 11.8. The van der Waals surface area contributed by atoms with Gasteiger partial charge in [0.25, 0.3) is 0 Å². The van der Waals surface area contributed by atoms with E-state index < -0.39 is 6.03 Å². The Hall–Kier alpha value is -3.02. The summed E-state index contributed by atoms with van der Waals surface area (Å²) in [5.74, 6) is 0.560. The van der Waals surface area contributed by atoms with E-state index in [0.29, 0.717) is 11.3 Å². The van der Waals surface area contributed by atoms with Gasteiger partial charge in [0.2, 0.25) is 0 Å². The van der Waals surface area contributed by atoms with Crippen LogP contribution in [0.4, 0.5) is 10.5 Å². The maximum Gasteiger partial charge on any atom is 0.339 e. The van der Waals surface area contributed by atoms with Crippen molar-refractivity contribution in [2.24, 2.45) is 5.10 Å². The molecule has 0 fully saturated rings. The fraction of sp³-hybridized carbons (Fsp3) is 0.176. The number of phenols is 1. The zero-order valence-corrected chi connectivity index (χ0v) is 13.3. The number of urea groups is 1. The van der Waals surface area contributed by atoms with E-state index in [1.807, 2.05) is 32.0 Å². The topological polar surface area (TPSA) is 83.0 Å². The van der Waals surface area contributed by atoms with Crippen LogP contribution in [0.25, 0.3) is 0 Å². The summed E-state index contributed by atoms with van der Waals surface area (Å²) in [7, 11) is 1.52. The highest BCUT2D eigenvalue weighted by molar-refractivity contribution is 5.91. The Morgan fingerprint density at radius 1 is 1.22 bits per heavy atom. The second-order valence-corrected chi connectivity index (χ2v) is 5.07. The number of phenolic OH excluding ortho intramolecular Hbond substituents is 1. The molecule has 0 heterocycles. The molecule has 2 aromatic carbocycles. The molecule has 0 spiro atoms. The predicted octanol–water partition coefficient (Wildman–Crippen LogP) is 3.17. The van der Waals surface area contributed by atoms with Crippen molar-refractivity contribution in [3.63, 3.8) is 0 Å². The number of anilines is 1. The Morgan fingerprint density at radius 3 is 2.65 bits per heavy atom. The number of carbonyl (C=O) groups is 1. The SMILES string of the molecule is COc1ccc(C=NNC(=O)Nc2ccc(C)cc2C)c(O)c1. The van der Waals surface area contributed by atoms with Gasteiger partial charge in [-0.15, -0.1) is 0 Å². The number of rotatable bonds is 4. The fourth-order valence-electron chi connectivity index (χ4n) is 2.02. The molecular weight excluding hydrogens is 294 g/mol. The van der Waals surface area contributed by atoms with Crippen LogP contribution in [0, 0.1) is 13.8 Å². The van der Waals surface area contributed by atoms with Gasteiger partial charge < -0.3 is 15.2 Å². The lowest BCUT2D eigenvalue weighted by Gasteiger charge is -2.08. The maximum atomic E-state index is 11.8. The molecule has 2 amide bonds. The van der Waals surface area contributed by atoms with E-state index in [-0.39, 0.29) is 5.75 Å². The second-order valence-electron chi connectivity index (χ2n) is 5.07. The van der Waals surface area contributed by atoms with Crippen molar-refractivity contribution in [3.05, 3.63) is 53.1 Å². The van der Waals surface area contributed by atoms with Crippen LogP contribution in [-0.2, 0) is 0 Å². The lowest BCUT2D eigenvalue weighted by molar-refractivity contribution is 0.252. The first-order valence-electron chi connectivity index (χ1n) is 7.04. The Bertz CT molecular complexity index is 742. The highest BCUT2D eigenvalue weighted by atomic mass is 16.5. The Morgan fingerprint density at radius 2 is 2.00 bits per heavy atom. The summed E-state index contributed by atoms with van der Waals surface area (Å²) in [5.41, 5.74) is 5.64. The average molecular weight is 313 g/mol. The number of hydrazone groups is 1. The molecule has 0 aliphatic heterocycles. The molecule has 0 saturated carbocycles. The molecule has 0 bridgehead atoms. The molecule has 0 atom stereocenters. The van der Waals surface area contributed by atoms with Gasteiger partial charge >= 0.3 is 6.03 Å². The van der Waals surface area contributed by atoms with Gasteiger partial charge in [0.05, 0.1) is 13.3 Å². The summed E-state index contributed by atoms with van der Waals surface area (Å²) in [5, 5.41) is 16.3. The van der Waals surface area contributed by atoms with Crippen molar-refractivity contribution >= 4 is 17.9 Å². The number of nitrogens with one attached hydrogen (secondary N) is 2. The van der Waals surface area contributed by atoms with E-state index in [0.717, 1.165) is 16.8 Å². The van der Waals surface area contributed by atoms with E-state index in [1.165, 1.54) is 19.4 Å². The number of aryl methyl sites for hydroxylation is 2. The van der Waals surface area contributed by atoms with Crippen LogP contribution in [-0.4, -0.2) is 24.5 Å². The molecular formula is C17H19N3O3. The molecule has 3 N–H and O–H groups in total. The first-order chi connectivity index (χ1) is 11.0. The number of carbonyl (C=O) groups excluding carboxylic acids is 1. The van der Waals surface area contributed by atoms with Gasteiger partial charge in [-0.2, -0.15) is 5.10 Å². The normalized spacial score (nSPS) is 10.6. The molecule has 6 nitrogen and oxygen atoms in total. The van der Waals surface area contributed by atoms with Crippen LogP contribution in [0.15, 0.2) is 41.5 Å². The smallest absolute Gasteiger partial charge is 0.339 e. The monoisotopic (exact) mass is 313 g/mol. The number of ether oxygens (including phenoxy) is 1. The van der Waals surface area contributed by atoms with Gasteiger partial charge in [-0.05, 0) is 37.6 Å². The summed E-state index contributed by atoms with van der Waals surface area (Å²) in [6.07, 6.45) is 1.36. The van der Waals surface area contributed by atoms with Crippen molar-refractivity contribution in [1.29, 1.82) is 0 Å². The van der Waals surface area contributed by atoms with Crippen molar-refractivity contribution in [3.8, 4) is 11.5 Å². The van der Waals surface area contributed by atoms with Crippen LogP contribution < -0.4 is 15.5 Å². The first-order valence-corrected chi connectivity index (χ1v) is 7.04. The minimum atomic E-state index is -0.457. The predicted molar refractivity (Wildman–Crippen MR) is 90.3 cm³/mol. The van der Waals surface area contributed by atoms with E-state index >= 15 is 0 Å². The Kier molecular flexibility index (Phi) is 5.19. The van der Waals surface area contributed by atoms with Crippen molar-refractivity contribution in [2.75, 3.05) is 12.4 Å². The van der Waals surface area contributed by atoms with Crippen LogP contribution in [0.2, 0.25) is 0 Å². The van der Waals surface area contributed by atoms with E-state index in [4.69, 9.17) is 4.74 Å². The van der Waals surface area contributed by atoms with Gasteiger partial charge in [-0.25, -0.2) is 10.2 Å². The standard InChI is InChI=1S/C17H19N3O3/c1-11-4-7-15(12(2)8-11)19-17(22)20-18-10-13-5-6-14(23-3)9-16(13)21/h4-10,21H,1-3H3,(H2,19,20,22). The van der Waals surface area contributed by atoms with Crippen molar-refractivity contribution in [2.45, 2.75) is 13.8 Å². The average Bonchev–Trinajstić information content (AvgIpc) is 2.51. The van der Waals surface area contributed by atoms with E-state index in [2.05, 4.69) is 15.8 Å². The van der Waals surface area contributed by atoms with E-state index in [1.54, 1.807) is 12.1 Å². The lowest BCUT2D eigenvalue weighted by Crippen LogP contribution is -2.24. The molecule has 2 rings (SSSR count). The molecule has 120 valence electrons. The molecule has 0 aromatic heterocycles. The molecule has 0 saturated heterocycles. The second kappa shape index (κ2) is 7.31. The fourth-order valence-corrected chi connectivity index (χ4v) is 2.02. The molecule has 23 heavy (non-hydrogen) atoms. The zero-order chi connectivity index (χ0) is 16.8. The highest BCUT2D eigenvalue weighted by Gasteiger charge is 2.04. The number of hydrogen-bond donors (Lipinski definition) is 3. The zero-order valence-electron chi connectivity index (χ0n) is 13.3. The number of methoxy groups -OCH3 is 1. The van der Waals surface area contributed by atoms with Crippen LogP contribution in [0.3, 0.4) is 0 Å². The van der Waals surface area contributed by atoms with Gasteiger partial charge in [0.1, 0.15) is 11.5 Å². The van der Waals surface area contributed by atoms with Gasteiger partial charge in [0, 0.05) is 17.3 Å². The third-order valence-corrected chi connectivity index (χ3v) is 3.24. The van der Waals surface area contributed by atoms with Gasteiger partial charge in [-0.1, -0.05) is 17.7 Å². The number of hydrogen-bond acceptors (Lipinski definition) is 4. The summed E-state index contributed by atoms with van der Waals surface area (Å²) >= 11 is 0. The summed E-state index contributed by atoms with van der Waals surface area (Å²) in [4.78, 5) is 11.8. The largest absolute Gasteiger partial charge is 0.507 e. The number of nitrogens with zero attached hydrogens (tertiary/aromatic N) is 1. The van der Waals surface area contributed by atoms with Gasteiger partial charge in [-0.3, -0.25) is 0 Å². The Balaban J connectivity index is 1.96. The molecule has 6 heteroatoms. The minimum absolute atomic E-state index is 0.0182. The van der Waals surface area contributed by atoms with Crippen molar-refractivity contribution in [1.82, 2.24) is 5.43 Å². The third kappa shape index (κ3) is 4.47. The number of benzene rings is 2. The molecule has 2 aromatic rings. The number of aromatic hydroxyl groups is 1. The van der Waals surface area contributed by atoms with Crippen LogP contribution in [0.5, 0.6) is 11.5 Å². The van der Waals surface area contributed by atoms with Crippen LogP contribution in [0.1, 0.15) is 16.7 Å². The lowest BCUT2D eigenvalue weighted by atomic mass is 10.1. The molecule has 0 unspecified atom stereocenters. The minimum Gasteiger partial charge on any atom is -0.507 e. The highest BCUT2D eigenvalue weighted by Crippen LogP contribution is 2.21. The van der Waals surface area contributed by atoms with Crippen LogP contribution >= 0.6 is 0 Å². The molecule has 0 radical (unpaired) electrons. The van der Waals surface area contributed by atoms with E-state index in [9.17, 15) is 9.90 Å². The van der Waals surface area contributed by atoms with Gasteiger partial charge in [0.15, 0.2) is 0 Å².